The van der Waals surface area contributed by atoms with Gasteiger partial charge in [0.05, 0.1) is 29.3 Å². The fraction of sp³-hybridized carbons (Fsp3) is 0.231. The third-order valence-electron chi connectivity index (χ3n) is 5.94. The Bertz CT molecular complexity index is 1400. The zero-order valence-electron chi connectivity index (χ0n) is 20.2. The molecule has 12 heteroatoms. The molecule has 38 heavy (non-hydrogen) atoms. The van der Waals surface area contributed by atoms with E-state index in [1.165, 1.54) is 31.2 Å². The molecule has 1 atom stereocenters. The minimum Gasteiger partial charge on any atom is -0.494 e. The molecule has 0 aromatic heterocycles. The van der Waals surface area contributed by atoms with Crippen molar-refractivity contribution in [1.29, 1.82) is 0 Å². The smallest absolute Gasteiger partial charge is 0.357 e. The second kappa shape index (κ2) is 10.8. The number of rotatable bonds is 11. The maximum atomic E-state index is 15.9. The van der Waals surface area contributed by atoms with Crippen LogP contribution in [0.5, 0.6) is 5.75 Å². The largest absolute Gasteiger partial charge is 0.494 e. The predicted octanol–water partition coefficient (Wildman–Crippen LogP) is 5.35. The van der Waals surface area contributed by atoms with E-state index in [1.54, 1.807) is 30.3 Å². The molecule has 0 bridgehead atoms. The summed E-state index contributed by atoms with van der Waals surface area (Å²) < 4.78 is 55.9. The average molecular weight is 544 g/mol. The van der Waals surface area contributed by atoms with Crippen LogP contribution < -0.4 is 10.0 Å². The second-order valence-electron chi connectivity index (χ2n) is 8.29. The molecule has 2 amide bonds. The SMILES string of the molecule is CCOP(=O)(c1ccccc1)C(F)(F)c1cc(OCCCN2C(=O)c3ccccc3C2=O)ccc1[N+](=O)[O-]. The van der Waals surface area contributed by atoms with Gasteiger partial charge in [0, 0.05) is 17.9 Å². The Morgan fingerprint density at radius 2 is 1.58 bits per heavy atom. The molecule has 0 saturated carbocycles. The number of hydrogen-bond donors (Lipinski definition) is 0. The number of nitro groups is 1. The standard InChI is InChI=1S/C26H23F2N2O7P/c1-2-37-38(35,19-9-4-3-5-10-19)26(27,28)22-17-18(13-14-23(22)30(33)34)36-16-8-15-29-24(31)20-11-6-7-12-21(20)25(29)32/h3-7,9-14,17H,2,8,15-16H2,1H3. The molecule has 9 nitrogen and oxygen atoms in total. The van der Waals surface area contributed by atoms with E-state index in [9.17, 15) is 24.3 Å². The molecule has 0 radical (unpaired) electrons. The molecule has 0 fully saturated rings. The summed E-state index contributed by atoms with van der Waals surface area (Å²) in [5, 5.41) is 11.3. The van der Waals surface area contributed by atoms with Gasteiger partial charge in [-0.2, -0.15) is 8.78 Å². The molecule has 1 aliphatic heterocycles. The number of imide groups is 1. The van der Waals surface area contributed by atoms with Gasteiger partial charge in [-0.25, -0.2) is 0 Å². The van der Waals surface area contributed by atoms with Crippen molar-refractivity contribution in [3.63, 3.8) is 0 Å². The van der Waals surface area contributed by atoms with Crippen LogP contribution >= 0.6 is 7.37 Å². The van der Waals surface area contributed by atoms with E-state index in [0.717, 1.165) is 23.1 Å². The molecule has 1 heterocycles. The monoisotopic (exact) mass is 544 g/mol. The summed E-state index contributed by atoms with van der Waals surface area (Å²) in [5.41, 5.74) is -5.70. The molecule has 1 aliphatic rings. The third kappa shape index (κ3) is 4.82. The molecule has 0 spiro atoms. The first-order valence-corrected chi connectivity index (χ1v) is 13.3. The summed E-state index contributed by atoms with van der Waals surface area (Å²) in [6.45, 7) is 1.02. The summed E-state index contributed by atoms with van der Waals surface area (Å²) in [7, 11) is -4.95. The van der Waals surface area contributed by atoms with Crippen molar-refractivity contribution in [2.24, 2.45) is 0 Å². The molecular weight excluding hydrogens is 521 g/mol. The summed E-state index contributed by atoms with van der Waals surface area (Å²) in [6, 6.07) is 16.0. The van der Waals surface area contributed by atoms with Crippen molar-refractivity contribution < 1.29 is 37.1 Å². The Kier molecular flexibility index (Phi) is 7.71. The fourth-order valence-corrected chi connectivity index (χ4v) is 6.20. The van der Waals surface area contributed by atoms with Crippen LogP contribution in [-0.4, -0.2) is 41.4 Å². The van der Waals surface area contributed by atoms with E-state index >= 15 is 8.78 Å². The number of hydrogen-bond acceptors (Lipinski definition) is 7. The maximum absolute atomic E-state index is 15.9. The number of amides is 2. The van der Waals surface area contributed by atoms with E-state index in [0.29, 0.717) is 11.1 Å². The van der Waals surface area contributed by atoms with Gasteiger partial charge in [0.25, 0.3) is 17.5 Å². The van der Waals surface area contributed by atoms with Crippen molar-refractivity contribution in [3.8, 4) is 5.75 Å². The molecule has 3 aromatic carbocycles. The van der Waals surface area contributed by atoms with Gasteiger partial charge in [0.15, 0.2) is 0 Å². The molecule has 0 N–H and O–H groups in total. The van der Waals surface area contributed by atoms with Gasteiger partial charge in [-0.15, -0.1) is 0 Å². The number of carbonyl (C=O) groups excluding carboxylic acids is 2. The fourth-order valence-electron chi connectivity index (χ4n) is 4.14. The van der Waals surface area contributed by atoms with Gasteiger partial charge in [0.1, 0.15) is 11.3 Å². The first-order valence-electron chi connectivity index (χ1n) is 11.7. The van der Waals surface area contributed by atoms with Crippen molar-refractivity contribution in [1.82, 2.24) is 4.90 Å². The van der Waals surface area contributed by atoms with Crippen LogP contribution in [0, 0.1) is 10.1 Å². The lowest BCUT2D eigenvalue weighted by atomic mass is 10.1. The molecule has 198 valence electrons. The Morgan fingerprint density at radius 3 is 2.16 bits per heavy atom. The molecule has 1 unspecified atom stereocenters. The molecule has 0 saturated heterocycles. The third-order valence-corrected chi connectivity index (χ3v) is 8.52. The predicted molar refractivity (Wildman–Crippen MR) is 134 cm³/mol. The number of fused-ring (bicyclic) bond motifs is 1. The summed E-state index contributed by atoms with van der Waals surface area (Å²) in [4.78, 5) is 36.6. The molecule has 0 aliphatic carbocycles. The zero-order chi connectivity index (χ0) is 27.5. The van der Waals surface area contributed by atoms with Gasteiger partial charge in [-0.1, -0.05) is 30.3 Å². The van der Waals surface area contributed by atoms with Crippen LogP contribution in [0.4, 0.5) is 14.5 Å². The average Bonchev–Trinajstić information content (AvgIpc) is 3.16. The number of nitrogens with zero attached hydrogens (tertiary/aromatic N) is 2. The minimum atomic E-state index is -4.95. The number of benzene rings is 3. The highest BCUT2D eigenvalue weighted by molar-refractivity contribution is 7.67. The van der Waals surface area contributed by atoms with Crippen molar-refractivity contribution in [3.05, 3.63) is 99.6 Å². The number of halogens is 2. The van der Waals surface area contributed by atoms with Crippen LogP contribution in [-0.2, 0) is 14.8 Å². The highest BCUT2D eigenvalue weighted by Crippen LogP contribution is 2.66. The summed E-state index contributed by atoms with van der Waals surface area (Å²) in [5.74, 6) is -1.00. The number of carbonyl (C=O) groups is 2. The van der Waals surface area contributed by atoms with E-state index in [1.807, 2.05) is 0 Å². The van der Waals surface area contributed by atoms with Gasteiger partial charge in [-0.05, 0) is 49.7 Å². The highest BCUT2D eigenvalue weighted by Gasteiger charge is 2.57. The van der Waals surface area contributed by atoms with Crippen LogP contribution in [0.15, 0.2) is 72.8 Å². The quantitative estimate of drug-likeness (QED) is 0.105. The Balaban J connectivity index is 1.54. The van der Waals surface area contributed by atoms with E-state index in [2.05, 4.69) is 0 Å². The highest BCUT2D eigenvalue weighted by atomic mass is 31.2. The lowest BCUT2D eigenvalue weighted by Gasteiger charge is -2.27. The summed E-state index contributed by atoms with van der Waals surface area (Å²) in [6.07, 6.45) is 0.176. The lowest BCUT2D eigenvalue weighted by Crippen LogP contribution is -2.31. The van der Waals surface area contributed by atoms with Gasteiger partial charge in [-0.3, -0.25) is 29.2 Å². The van der Waals surface area contributed by atoms with Crippen LogP contribution in [0.1, 0.15) is 39.6 Å². The van der Waals surface area contributed by atoms with Crippen LogP contribution in [0.2, 0.25) is 0 Å². The van der Waals surface area contributed by atoms with Crippen LogP contribution in [0.3, 0.4) is 0 Å². The number of alkyl halides is 2. The lowest BCUT2D eigenvalue weighted by molar-refractivity contribution is -0.386. The van der Waals surface area contributed by atoms with Crippen molar-refractivity contribution >= 4 is 30.2 Å². The zero-order valence-corrected chi connectivity index (χ0v) is 21.1. The Hall–Kier alpha value is -3.95. The van der Waals surface area contributed by atoms with E-state index in [-0.39, 0.29) is 37.2 Å². The van der Waals surface area contributed by atoms with Gasteiger partial charge in [0.2, 0.25) is 0 Å². The summed E-state index contributed by atoms with van der Waals surface area (Å²) >= 11 is 0. The number of nitro benzene ring substituents is 1. The van der Waals surface area contributed by atoms with Crippen molar-refractivity contribution in [2.75, 3.05) is 19.8 Å². The topological polar surface area (TPSA) is 116 Å². The number of ether oxygens (including phenoxy) is 1. The van der Waals surface area contributed by atoms with Crippen LogP contribution in [0.25, 0.3) is 0 Å². The Morgan fingerprint density at radius 1 is 0.974 bits per heavy atom. The normalized spacial score (nSPS) is 14.8. The molecular formula is C26H23F2N2O7P. The molecule has 3 aromatic rings. The second-order valence-corrected chi connectivity index (χ2v) is 10.7. The minimum absolute atomic E-state index is 0.0237. The van der Waals surface area contributed by atoms with E-state index < -0.39 is 41.0 Å². The Labute approximate surface area is 216 Å². The first kappa shape index (κ1) is 27.1. The van der Waals surface area contributed by atoms with E-state index in [4.69, 9.17) is 9.26 Å². The maximum Gasteiger partial charge on any atom is 0.357 e. The van der Waals surface area contributed by atoms with Gasteiger partial charge >= 0.3 is 13.0 Å². The first-order chi connectivity index (χ1) is 18.1. The van der Waals surface area contributed by atoms with Gasteiger partial charge < -0.3 is 9.26 Å². The van der Waals surface area contributed by atoms with Crippen molar-refractivity contribution in [2.45, 2.75) is 19.0 Å². The molecule has 4 rings (SSSR count).